The van der Waals surface area contributed by atoms with Crippen molar-refractivity contribution in [3.05, 3.63) is 23.8 Å². The molecular formula is C15H24N2O2. The minimum absolute atomic E-state index is 0.228. The molecule has 1 aromatic rings. The second-order valence-corrected chi connectivity index (χ2v) is 5.61. The third-order valence-corrected chi connectivity index (χ3v) is 3.55. The van der Waals surface area contributed by atoms with Gasteiger partial charge < -0.3 is 16.2 Å². The second kappa shape index (κ2) is 6.45. The first kappa shape index (κ1) is 15.3. The van der Waals surface area contributed by atoms with E-state index in [0.29, 0.717) is 29.1 Å². The van der Waals surface area contributed by atoms with E-state index in [1.54, 1.807) is 18.2 Å². The molecule has 0 amide bonds. The number of benzene rings is 1. The maximum atomic E-state index is 11.2. The van der Waals surface area contributed by atoms with E-state index in [4.69, 9.17) is 5.73 Å². The van der Waals surface area contributed by atoms with Gasteiger partial charge in [-0.15, -0.1) is 0 Å². The molecule has 0 radical (unpaired) electrons. The summed E-state index contributed by atoms with van der Waals surface area (Å²) in [5.41, 5.74) is 7.11. The molecule has 0 atom stereocenters. The standard InChI is InChI=1S/C15H24N2O2/c1-9(2)12(10(3)4)8-17-14-11(15(18)19)6-5-7-13(14)16/h5-7,9-10,12,17H,8,16H2,1-4H3,(H,18,19). The van der Waals surface area contributed by atoms with Gasteiger partial charge in [-0.2, -0.15) is 0 Å². The van der Waals surface area contributed by atoms with Crippen LogP contribution in [-0.2, 0) is 0 Å². The van der Waals surface area contributed by atoms with E-state index in [1.807, 2.05) is 0 Å². The number of hydrogen-bond acceptors (Lipinski definition) is 3. The third kappa shape index (κ3) is 3.88. The van der Waals surface area contributed by atoms with Crippen LogP contribution in [0.25, 0.3) is 0 Å². The van der Waals surface area contributed by atoms with E-state index in [2.05, 4.69) is 33.0 Å². The number of carboxylic acids is 1. The Morgan fingerprint density at radius 3 is 2.32 bits per heavy atom. The molecular weight excluding hydrogens is 240 g/mol. The van der Waals surface area contributed by atoms with Gasteiger partial charge in [-0.05, 0) is 29.9 Å². The fourth-order valence-corrected chi connectivity index (χ4v) is 2.41. The zero-order valence-corrected chi connectivity index (χ0v) is 12.1. The van der Waals surface area contributed by atoms with E-state index in [1.165, 1.54) is 0 Å². The van der Waals surface area contributed by atoms with Gasteiger partial charge in [0.2, 0.25) is 0 Å². The number of para-hydroxylation sites is 1. The van der Waals surface area contributed by atoms with Gasteiger partial charge in [-0.25, -0.2) is 4.79 Å². The molecule has 0 saturated carbocycles. The Morgan fingerprint density at radius 2 is 1.84 bits per heavy atom. The predicted octanol–water partition coefficient (Wildman–Crippen LogP) is 3.31. The van der Waals surface area contributed by atoms with Crippen LogP contribution >= 0.6 is 0 Å². The maximum absolute atomic E-state index is 11.2. The molecule has 0 saturated heterocycles. The molecule has 0 aliphatic heterocycles. The van der Waals surface area contributed by atoms with E-state index in [-0.39, 0.29) is 5.56 Å². The summed E-state index contributed by atoms with van der Waals surface area (Å²) >= 11 is 0. The van der Waals surface area contributed by atoms with E-state index in [9.17, 15) is 9.90 Å². The SMILES string of the molecule is CC(C)C(CNc1c(N)cccc1C(=O)O)C(C)C. The molecule has 0 fully saturated rings. The lowest BCUT2D eigenvalue weighted by molar-refractivity contribution is 0.0698. The number of nitrogen functional groups attached to an aromatic ring is 1. The molecule has 0 aliphatic rings. The second-order valence-electron chi connectivity index (χ2n) is 5.61. The first-order valence-corrected chi connectivity index (χ1v) is 6.70. The molecule has 0 aliphatic carbocycles. The average Bonchev–Trinajstić information content (AvgIpc) is 2.29. The van der Waals surface area contributed by atoms with Crippen LogP contribution in [0.5, 0.6) is 0 Å². The summed E-state index contributed by atoms with van der Waals surface area (Å²) in [5, 5.41) is 12.4. The smallest absolute Gasteiger partial charge is 0.337 e. The van der Waals surface area contributed by atoms with E-state index in [0.717, 1.165) is 6.54 Å². The van der Waals surface area contributed by atoms with Crippen LogP contribution in [0, 0.1) is 17.8 Å². The summed E-state index contributed by atoms with van der Waals surface area (Å²) in [6, 6.07) is 4.95. The Labute approximate surface area is 115 Å². The molecule has 0 unspecified atom stereocenters. The van der Waals surface area contributed by atoms with Crippen molar-refractivity contribution in [2.75, 3.05) is 17.6 Å². The number of nitrogens with one attached hydrogen (secondary N) is 1. The Balaban J connectivity index is 2.90. The number of rotatable bonds is 6. The summed E-state index contributed by atoms with van der Waals surface area (Å²) in [6.07, 6.45) is 0. The number of hydrogen-bond donors (Lipinski definition) is 3. The summed E-state index contributed by atoms with van der Waals surface area (Å²) in [5.74, 6) is 0.582. The Hall–Kier alpha value is -1.71. The van der Waals surface area contributed by atoms with Gasteiger partial charge in [-0.1, -0.05) is 33.8 Å². The van der Waals surface area contributed by atoms with Crippen LogP contribution in [0.2, 0.25) is 0 Å². The quantitative estimate of drug-likeness (QED) is 0.689. The lowest BCUT2D eigenvalue weighted by Crippen LogP contribution is -2.25. The van der Waals surface area contributed by atoms with Crippen LogP contribution in [0.15, 0.2) is 18.2 Å². The van der Waals surface area contributed by atoms with Crippen molar-refractivity contribution in [1.29, 1.82) is 0 Å². The van der Waals surface area contributed by atoms with Gasteiger partial charge in [0.15, 0.2) is 0 Å². The van der Waals surface area contributed by atoms with Crippen LogP contribution < -0.4 is 11.1 Å². The Morgan fingerprint density at radius 1 is 1.26 bits per heavy atom. The zero-order chi connectivity index (χ0) is 14.6. The maximum Gasteiger partial charge on any atom is 0.337 e. The molecule has 0 heterocycles. The molecule has 106 valence electrons. The fraction of sp³-hybridized carbons (Fsp3) is 0.533. The van der Waals surface area contributed by atoms with Crippen molar-refractivity contribution in [2.45, 2.75) is 27.7 Å². The normalized spacial score (nSPS) is 11.3. The van der Waals surface area contributed by atoms with Crippen LogP contribution in [0.4, 0.5) is 11.4 Å². The lowest BCUT2D eigenvalue weighted by Gasteiger charge is -2.26. The zero-order valence-electron chi connectivity index (χ0n) is 12.1. The Kier molecular flexibility index (Phi) is 5.21. The van der Waals surface area contributed by atoms with E-state index < -0.39 is 5.97 Å². The Bertz CT molecular complexity index is 434. The van der Waals surface area contributed by atoms with Gasteiger partial charge in [0.1, 0.15) is 0 Å². The minimum atomic E-state index is -0.958. The average molecular weight is 264 g/mol. The van der Waals surface area contributed by atoms with Gasteiger partial charge in [0.25, 0.3) is 0 Å². The highest BCUT2D eigenvalue weighted by Crippen LogP contribution is 2.26. The monoisotopic (exact) mass is 264 g/mol. The van der Waals surface area contributed by atoms with Crippen molar-refractivity contribution < 1.29 is 9.90 Å². The molecule has 4 nitrogen and oxygen atoms in total. The van der Waals surface area contributed by atoms with Gasteiger partial charge in [0.05, 0.1) is 16.9 Å². The molecule has 0 aromatic heterocycles. The lowest BCUT2D eigenvalue weighted by atomic mass is 9.85. The molecule has 1 rings (SSSR count). The van der Waals surface area contributed by atoms with Gasteiger partial charge >= 0.3 is 5.97 Å². The topological polar surface area (TPSA) is 75.3 Å². The molecule has 4 heteroatoms. The van der Waals surface area contributed by atoms with Crippen molar-refractivity contribution in [3.8, 4) is 0 Å². The van der Waals surface area contributed by atoms with Crippen molar-refractivity contribution in [2.24, 2.45) is 17.8 Å². The largest absolute Gasteiger partial charge is 0.478 e. The highest BCUT2D eigenvalue weighted by Gasteiger charge is 2.19. The summed E-state index contributed by atoms with van der Waals surface area (Å²) in [6.45, 7) is 9.44. The minimum Gasteiger partial charge on any atom is -0.478 e. The first-order valence-electron chi connectivity index (χ1n) is 6.70. The summed E-state index contributed by atoms with van der Waals surface area (Å²) < 4.78 is 0. The number of aromatic carboxylic acids is 1. The number of nitrogens with two attached hydrogens (primary N) is 1. The summed E-state index contributed by atoms with van der Waals surface area (Å²) in [7, 11) is 0. The van der Waals surface area contributed by atoms with Crippen molar-refractivity contribution in [3.63, 3.8) is 0 Å². The predicted molar refractivity (Wildman–Crippen MR) is 79.5 cm³/mol. The number of carboxylic acid groups (broad SMARTS) is 1. The van der Waals surface area contributed by atoms with Crippen molar-refractivity contribution >= 4 is 17.3 Å². The van der Waals surface area contributed by atoms with Crippen LogP contribution in [-0.4, -0.2) is 17.6 Å². The molecule has 19 heavy (non-hydrogen) atoms. The molecule has 1 aromatic carbocycles. The van der Waals surface area contributed by atoms with Crippen LogP contribution in [0.3, 0.4) is 0 Å². The van der Waals surface area contributed by atoms with Gasteiger partial charge in [-0.3, -0.25) is 0 Å². The molecule has 0 bridgehead atoms. The highest BCUT2D eigenvalue weighted by molar-refractivity contribution is 5.97. The van der Waals surface area contributed by atoms with E-state index >= 15 is 0 Å². The van der Waals surface area contributed by atoms with Crippen molar-refractivity contribution in [1.82, 2.24) is 0 Å². The van der Waals surface area contributed by atoms with Gasteiger partial charge in [0, 0.05) is 6.54 Å². The first-order chi connectivity index (χ1) is 8.84. The van der Waals surface area contributed by atoms with Crippen LogP contribution in [0.1, 0.15) is 38.1 Å². The number of carbonyl (C=O) groups is 1. The molecule has 0 spiro atoms. The third-order valence-electron chi connectivity index (χ3n) is 3.55. The highest BCUT2D eigenvalue weighted by atomic mass is 16.4. The molecule has 4 N–H and O–H groups in total. The number of anilines is 2. The fourth-order valence-electron chi connectivity index (χ4n) is 2.41. The summed E-state index contributed by atoms with van der Waals surface area (Å²) in [4.78, 5) is 11.2.